The fourth-order valence-corrected chi connectivity index (χ4v) is 1.87. The molecule has 0 saturated carbocycles. The van der Waals surface area contributed by atoms with Crippen LogP contribution < -0.4 is 11.1 Å². The van der Waals surface area contributed by atoms with E-state index in [4.69, 9.17) is 5.73 Å². The topological polar surface area (TPSA) is 68.0 Å². The van der Waals surface area contributed by atoms with Gasteiger partial charge in [0.05, 0.1) is 12.6 Å². The molecule has 0 fully saturated rings. The molecule has 0 bridgehead atoms. The second-order valence-corrected chi connectivity index (χ2v) is 4.56. The van der Waals surface area contributed by atoms with Gasteiger partial charge in [-0.15, -0.1) is 0 Å². The van der Waals surface area contributed by atoms with Crippen molar-refractivity contribution >= 4 is 5.91 Å². The number of benzene rings is 1. The lowest BCUT2D eigenvalue weighted by Crippen LogP contribution is -2.26. The van der Waals surface area contributed by atoms with Gasteiger partial charge in [0.1, 0.15) is 0 Å². The molecule has 1 aromatic heterocycles. The first kappa shape index (κ1) is 14.8. The average molecular weight is 279 g/mol. The number of carbonyl (C=O) groups is 1. The SMILES string of the molecule is CC(NC(=O)c1ccncc1)c1ccc(C#CCN)cc1. The summed E-state index contributed by atoms with van der Waals surface area (Å²) >= 11 is 0. The van der Waals surface area contributed by atoms with Gasteiger partial charge in [0.15, 0.2) is 0 Å². The van der Waals surface area contributed by atoms with E-state index in [0.717, 1.165) is 11.1 Å². The van der Waals surface area contributed by atoms with Crippen LogP contribution in [0.15, 0.2) is 48.8 Å². The molecule has 0 aliphatic carbocycles. The van der Waals surface area contributed by atoms with Gasteiger partial charge in [-0.3, -0.25) is 9.78 Å². The Morgan fingerprint density at radius 1 is 1.24 bits per heavy atom. The average Bonchev–Trinajstić information content (AvgIpc) is 2.54. The number of hydrogen-bond donors (Lipinski definition) is 2. The van der Waals surface area contributed by atoms with Crippen molar-refractivity contribution in [1.29, 1.82) is 0 Å². The molecule has 1 amide bonds. The number of nitrogens with two attached hydrogens (primary N) is 1. The van der Waals surface area contributed by atoms with Crippen molar-refractivity contribution in [2.45, 2.75) is 13.0 Å². The number of amides is 1. The maximum atomic E-state index is 12.1. The molecule has 0 aliphatic heterocycles. The van der Waals surface area contributed by atoms with Crippen molar-refractivity contribution in [2.24, 2.45) is 5.73 Å². The van der Waals surface area contributed by atoms with Crippen LogP contribution in [0.5, 0.6) is 0 Å². The fourth-order valence-electron chi connectivity index (χ4n) is 1.87. The van der Waals surface area contributed by atoms with E-state index in [9.17, 15) is 4.79 Å². The van der Waals surface area contributed by atoms with E-state index in [1.165, 1.54) is 0 Å². The summed E-state index contributed by atoms with van der Waals surface area (Å²) in [6.45, 7) is 2.29. The Labute approximate surface area is 124 Å². The second kappa shape index (κ2) is 7.22. The maximum absolute atomic E-state index is 12.1. The molecule has 4 heteroatoms. The third-order valence-corrected chi connectivity index (χ3v) is 3.04. The van der Waals surface area contributed by atoms with Crippen LogP contribution in [-0.2, 0) is 0 Å². The van der Waals surface area contributed by atoms with E-state index in [0.29, 0.717) is 12.1 Å². The van der Waals surface area contributed by atoms with Gasteiger partial charge in [-0.1, -0.05) is 24.0 Å². The van der Waals surface area contributed by atoms with Crippen LogP contribution in [0.1, 0.15) is 34.5 Å². The molecule has 1 atom stereocenters. The van der Waals surface area contributed by atoms with Crippen molar-refractivity contribution in [3.63, 3.8) is 0 Å². The Balaban J connectivity index is 2.03. The zero-order valence-electron chi connectivity index (χ0n) is 11.8. The molecule has 1 unspecified atom stereocenters. The number of aromatic nitrogens is 1. The van der Waals surface area contributed by atoms with E-state index < -0.39 is 0 Å². The first-order chi connectivity index (χ1) is 10.2. The minimum absolute atomic E-state index is 0.0813. The summed E-state index contributed by atoms with van der Waals surface area (Å²) in [7, 11) is 0. The normalized spacial score (nSPS) is 11.1. The van der Waals surface area contributed by atoms with E-state index in [1.807, 2.05) is 31.2 Å². The van der Waals surface area contributed by atoms with Crippen LogP contribution in [0, 0.1) is 11.8 Å². The van der Waals surface area contributed by atoms with Crippen LogP contribution in [0.4, 0.5) is 0 Å². The monoisotopic (exact) mass is 279 g/mol. The van der Waals surface area contributed by atoms with Gasteiger partial charge >= 0.3 is 0 Å². The number of nitrogens with zero attached hydrogens (tertiary/aromatic N) is 1. The van der Waals surface area contributed by atoms with Gasteiger partial charge in [0.25, 0.3) is 5.91 Å². The predicted molar refractivity (Wildman–Crippen MR) is 82.5 cm³/mol. The molecular weight excluding hydrogens is 262 g/mol. The highest BCUT2D eigenvalue weighted by atomic mass is 16.1. The van der Waals surface area contributed by atoms with Crippen molar-refractivity contribution in [3.8, 4) is 11.8 Å². The minimum Gasteiger partial charge on any atom is -0.346 e. The van der Waals surface area contributed by atoms with Crippen molar-refractivity contribution in [1.82, 2.24) is 10.3 Å². The number of nitrogens with one attached hydrogen (secondary N) is 1. The fraction of sp³-hybridized carbons (Fsp3) is 0.176. The summed E-state index contributed by atoms with van der Waals surface area (Å²) in [5.74, 6) is 5.66. The van der Waals surface area contributed by atoms with Crippen LogP contribution in [0.3, 0.4) is 0 Å². The second-order valence-electron chi connectivity index (χ2n) is 4.56. The van der Waals surface area contributed by atoms with Gasteiger partial charge < -0.3 is 11.1 Å². The number of carbonyl (C=O) groups excluding carboxylic acids is 1. The third kappa shape index (κ3) is 4.16. The first-order valence-electron chi connectivity index (χ1n) is 6.70. The van der Waals surface area contributed by atoms with Crippen LogP contribution in [0.25, 0.3) is 0 Å². The van der Waals surface area contributed by atoms with Crippen LogP contribution in [0.2, 0.25) is 0 Å². The molecule has 1 heterocycles. The summed E-state index contributed by atoms with van der Waals surface area (Å²) < 4.78 is 0. The molecule has 2 rings (SSSR count). The largest absolute Gasteiger partial charge is 0.346 e. The third-order valence-electron chi connectivity index (χ3n) is 3.04. The summed E-state index contributed by atoms with van der Waals surface area (Å²) in [4.78, 5) is 16.0. The van der Waals surface area contributed by atoms with E-state index in [-0.39, 0.29) is 11.9 Å². The number of pyridine rings is 1. The highest BCUT2D eigenvalue weighted by molar-refractivity contribution is 5.94. The molecule has 106 valence electrons. The molecule has 21 heavy (non-hydrogen) atoms. The molecule has 4 nitrogen and oxygen atoms in total. The molecular formula is C17H17N3O. The predicted octanol–water partition coefficient (Wildman–Crippen LogP) is 1.88. The van der Waals surface area contributed by atoms with Gasteiger partial charge in [-0.05, 0) is 36.8 Å². The van der Waals surface area contributed by atoms with Gasteiger partial charge in [0, 0.05) is 23.5 Å². The molecule has 3 N–H and O–H groups in total. The van der Waals surface area contributed by atoms with Crippen molar-refractivity contribution in [3.05, 3.63) is 65.5 Å². The molecule has 0 saturated heterocycles. The molecule has 1 aromatic carbocycles. The van der Waals surface area contributed by atoms with E-state index in [2.05, 4.69) is 22.1 Å². The molecule has 0 aliphatic rings. The minimum atomic E-state index is -0.114. The highest BCUT2D eigenvalue weighted by Crippen LogP contribution is 2.14. The Bertz CT molecular complexity index is 654. The Hall–Kier alpha value is -2.64. The van der Waals surface area contributed by atoms with Gasteiger partial charge in [-0.25, -0.2) is 0 Å². The van der Waals surface area contributed by atoms with Crippen LogP contribution >= 0.6 is 0 Å². The molecule has 0 spiro atoms. The lowest BCUT2D eigenvalue weighted by molar-refractivity contribution is 0.0940. The lowest BCUT2D eigenvalue weighted by Gasteiger charge is -2.14. The number of rotatable bonds is 3. The maximum Gasteiger partial charge on any atom is 0.251 e. The Morgan fingerprint density at radius 2 is 1.90 bits per heavy atom. The molecule has 2 aromatic rings. The van der Waals surface area contributed by atoms with E-state index in [1.54, 1.807) is 24.5 Å². The highest BCUT2D eigenvalue weighted by Gasteiger charge is 2.10. The zero-order chi connectivity index (χ0) is 15.1. The summed E-state index contributed by atoms with van der Waals surface area (Å²) in [5, 5.41) is 2.95. The van der Waals surface area contributed by atoms with Crippen molar-refractivity contribution in [2.75, 3.05) is 6.54 Å². The van der Waals surface area contributed by atoms with Crippen molar-refractivity contribution < 1.29 is 4.79 Å². The smallest absolute Gasteiger partial charge is 0.251 e. The Kier molecular flexibility index (Phi) is 5.08. The standard InChI is InChI=1S/C17H17N3O/c1-13(20-17(21)16-8-11-19-12-9-16)15-6-4-14(5-7-15)3-2-10-18/h4-9,11-13H,10,18H2,1H3,(H,20,21). The number of hydrogen-bond acceptors (Lipinski definition) is 3. The quantitative estimate of drug-likeness (QED) is 0.843. The lowest BCUT2D eigenvalue weighted by atomic mass is 10.1. The zero-order valence-corrected chi connectivity index (χ0v) is 11.8. The van der Waals surface area contributed by atoms with E-state index >= 15 is 0 Å². The van der Waals surface area contributed by atoms with Gasteiger partial charge in [-0.2, -0.15) is 0 Å². The Morgan fingerprint density at radius 3 is 2.52 bits per heavy atom. The first-order valence-corrected chi connectivity index (χ1v) is 6.70. The molecule has 0 radical (unpaired) electrons. The summed E-state index contributed by atoms with van der Waals surface area (Å²) in [6.07, 6.45) is 3.20. The summed E-state index contributed by atoms with van der Waals surface area (Å²) in [5.41, 5.74) is 7.88. The van der Waals surface area contributed by atoms with Gasteiger partial charge in [0.2, 0.25) is 0 Å². The summed E-state index contributed by atoms with van der Waals surface area (Å²) in [6, 6.07) is 11.1. The van der Waals surface area contributed by atoms with Crippen LogP contribution in [-0.4, -0.2) is 17.4 Å².